The van der Waals surface area contributed by atoms with Gasteiger partial charge in [0.05, 0.1) is 0 Å². The molecule has 0 aromatic rings. The fraction of sp³-hybridized carbons (Fsp3) is 1.00. The summed E-state index contributed by atoms with van der Waals surface area (Å²) in [5.74, 6) is 1.82. The first-order valence-corrected chi connectivity index (χ1v) is 7.77. The van der Waals surface area contributed by atoms with Gasteiger partial charge in [0.25, 0.3) is 0 Å². The average molecular weight is 238 g/mol. The zero-order valence-corrected chi connectivity index (χ0v) is 11.5. The first-order valence-electron chi connectivity index (χ1n) is 7.77. The maximum atomic E-state index is 6.36. The topological polar surface area (TPSA) is 29.3 Å². The van der Waals surface area contributed by atoms with E-state index in [0.29, 0.717) is 6.04 Å². The van der Waals surface area contributed by atoms with Gasteiger partial charge in [0.2, 0.25) is 0 Å². The lowest BCUT2D eigenvalue weighted by Crippen LogP contribution is -2.44. The summed E-state index contributed by atoms with van der Waals surface area (Å²) in [6.07, 6.45) is 11.2. The molecule has 17 heavy (non-hydrogen) atoms. The van der Waals surface area contributed by atoms with Gasteiger partial charge in [-0.05, 0) is 50.6 Å². The van der Waals surface area contributed by atoms with Crippen molar-refractivity contribution in [2.75, 3.05) is 19.6 Å². The zero-order chi connectivity index (χ0) is 12.1. The minimum Gasteiger partial charge on any atom is -0.326 e. The predicted octanol–water partition coefficient (Wildman–Crippen LogP) is 3.02. The average Bonchev–Trinajstić information content (AvgIpc) is 2.86. The number of nitrogens with zero attached hydrogens (tertiary/aromatic N) is 1. The third kappa shape index (κ3) is 3.96. The Bertz CT molecular complexity index is 203. The van der Waals surface area contributed by atoms with Gasteiger partial charge in [0.15, 0.2) is 0 Å². The number of nitrogens with two attached hydrogens (primary N) is 1. The summed E-state index contributed by atoms with van der Waals surface area (Å²) in [6, 6.07) is 0.445. The Labute approximate surface area is 107 Å². The van der Waals surface area contributed by atoms with E-state index in [-0.39, 0.29) is 0 Å². The summed E-state index contributed by atoms with van der Waals surface area (Å²) in [5.41, 5.74) is 6.36. The molecule has 0 spiro atoms. The van der Waals surface area contributed by atoms with E-state index in [1.807, 2.05) is 0 Å². The van der Waals surface area contributed by atoms with Gasteiger partial charge >= 0.3 is 0 Å². The van der Waals surface area contributed by atoms with Crippen LogP contribution in [0.5, 0.6) is 0 Å². The number of hydrogen-bond donors (Lipinski definition) is 1. The van der Waals surface area contributed by atoms with Crippen LogP contribution >= 0.6 is 0 Å². The van der Waals surface area contributed by atoms with E-state index in [1.165, 1.54) is 64.5 Å². The van der Waals surface area contributed by atoms with Gasteiger partial charge < -0.3 is 10.6 Å². The largest absolute Gasteiger partial charge is 0.326 e. The molecule has 0 amide bonds. The fourth-order valence-electron chi connectivity index (χ4n) is 3.70. The van der Waals surface area contributed by atoms with Crippen LogP contribution in [-0.4, -0.2) is 30.6 Å². The molecule has 2 aliphatic rings. The molecule has 0 bridgehead atoms. The van der Waals surface area contributed by atoms with E-state index in [2.05, 4.69) is 11.8 Å². The van der Waals surface area contributed by atoms with Crippen LogP contribution in [-0.2, 0) is 0 Å². The summed E-state index contributed by atoms with van der Waals surface area (Å²) in [6.45, 7) is 6.06. The number of likely N-dealkylation sites (tertiary alicyclic amines) is 1. The normalized spacial score (nSPS) is 26.5. The highest BCUT2D eigenvalue weighted by Gasteiger charge is 2.25. The van der Waals surface area contributed by atoms with Gasteiger partial charge in [-0.25, -0.2) is 0 Å². The Balaban J connectivity index is 1.66. The minimum absolute atomic E-state index is 0.445. The molecular weight excluding hydrogens is 208 g/mol. The van der Waals surface area contributed by atoms with E-state index in [4.69, 9.17) is 5.73 Å². The Kier molecular flexibility index (Phi) is 5.30. The summed E-state index contributed by atoms with van der Waals surface area (Å²) in [4.78, 5) is 2.62. The molecule has 1 saturated carbocycles. The molecule has 1 unspecified atom stereocenters. The fourth-order valence-corrected chi connectivity index (χ4v) is 3.70. The van der Waals surface area contributed by atoms with Gasteiger partial charge in [-0.3, -0.25) is 0 Å². The van der Waals surface area contributed by atoms with E-state index in [9.17, 15) is 0 Å². The third-order valence-electron chi connectivity index (χ3n) is 4.88. The monoisotopic (exact) mass is 238 g/mol. The van der Waals surface area contributed by atoms with Crippen molar-refractivity contribution in [2.24, 2.45) is 17.6 Å². The van der Waals surface area contributed by atoms with Crippen molar-refractivity contribution in [3.8, 4) is 0 Å². The van der Waals surface area contributed by atoms with Crippen LogP contribution in [0.25, 0.3) is 0 Å². The number of hydrogen-bond acceptors (Lipinski definition) is 2. The molecule has 1 aliphatic carbocycles. The Hall–Kier alpha value is -0.0800. The highest BCUT2D eigenvalue weighted by atomic mass is 15.1. The Morgan fingerprint density at radius 2 is 1.76 bits per heavy atom. The van der Waals surface area contributed by atoms with E-state index < -0.39 is 0 Å². The van der Waals surface area contributed by atoms with Crippen LogP contribution in [0, 0.1) is 11.8 Å². The second-order valence-electron chi connectivity index (χ2n) is 6.24. The van der Waals surface area contributed by atoms with Crippen molar-refractivity contribution in [3.63, 3.8) is 0 Å². The second kappa shape index (κ2) is 6.75. The molecule has 2 nitrogen and oxygen atoms in total. The first kappa shape index (κ1) is 13.4. The molecule has 0 radical (unpaired) electrons. The van der Waals surface area contributed by atoms with Crippen molar-refractivity contribution in [3.05, 3.63) is 0 Å². The van der Waals surface area contributed by atoms with Crippen LogP contribution in [0.2, 0.25) is 0 Å². The maximum Gasteiger partial charge on any atom is 0.0196 e. The second-order valence-corrected chi connectivity index (χ2v) is 6.24. The standard InChI is InChI=1S/C15H30N2/c1-2-5-13-8-10-17(11-9-13)12-15(16)14-6-3-4-7-14/h13-15H,2-12,16H2,1H3. The smallest absolute Gasteiger partial charge is 0.0196 e. The lowest BCUT2D eigenvalue weighted by molar-refractivity contribution is 0.158. The highest BCUT2D eigenvalue weighted by molar-refractivity contribution is 4.82. The molecule has 100 valence electrons. The third-order valence-corrected chi connectivity index (χ3v) is 4.88. The van der Waals surface area contributed by atoms with Gasteiger partial charge in [0, 0.05) is 12.6 Å². The van der Waals surface area contributed by atoms with Crippen LogP contribution < -0.4 is 5.73 Å². The quantitative estimate of drug-likeness (QED) is 0.798. The minimum atomic E-state index is 0.445. The van der Waals surface area contributed by atoms with Crippen molar-refractivity contribution < 1.29 is 0 Å². The Morgan fingerprint density at radius 3 is 2.35 bits per heavy atom. The summed E-state index contributed by atoms with van der Waals surface area (Å²) in [7, 11) is 0. The van der Waals surface area contributed by atoms with Gasteiger partial charge in [-0.2, -0.15) is 0 Å². The summed E-state index contributed by atoms with van der Waals surface area (Å²) in [5, 5.41) is 0. The number of rotatable bonds is 5. The predicted molar refractivity (Wildman–Crippen MR) is 74.0 cm³/mol. The van der Waals surface area contributed by atoms with Crippen LogP contribution in [0.1, 0.15) is 58.3 Å². The Morgan fingerprint density at radius 1 is 1.12 bits per heavy atom. The van der Waals surface area contributed by atoms with Crippen molar-refractivity contribution in [2.45, 2.75) is 64.3 Å². The molecule has 1 saturated heterocycles. The van der Waals surface area contributed by atoms with Crippen molar-refractivity contribution in [1.29, 1.82) is 0 Å². The highest BCUT2D eigenvalue weighted by Crippen LogP contribution is 2.28. The molecule has 2 fully saturated rings. The lowest BCUT2D eigenvalue weighted by atomic mass is 9.91. The first-order chi connectivity index (χ1) is 8.29. The van der Waals surface area contributed by atoms with Crippen molar-refractivity contribution >= 4 is 0 Å². The molecule has 2 heteroatoms. The zero-order valence-electron chi connectivity index (χ0n) is 11.5. The summed E-state index contributed by atoms with van der Waals surface area (Å²) < 4.78 is 0. The number of piperidine rings is 1. The van der Waals surface area contributed by atoms with Gasteiger partial charge in [0.1, 0.15) is 0 Å². The van der Waals surface area contributed by atoms with Crippen LogP contribution in [0.15, 0.2) is 0 Å². The van der Waals surface area contributed by atoms with E-state index in [0.717, 1.165) is 18.4 Å². The van der Waals surface area contributed by atoms with Crippen molar-refractivity contribution in [1.82, 2.24) is 4.90 Å². The van der Waals surface area contributed by atoms with Gasteiger partial charge in [-0.15, -0.1) is 0 Å². The van der Waals surface area contributed by atoms with Crippen LogP contribution in [0.4, 0.5) is 0 Å². The van der Waals surface area contributed by atoms with E-state index >= 15 is 0 Å². The summed E-state index contributed by atoms with van der Waals surface area (Å²) >= 11 is 0. The molecule has 1 atom stereocenters. The lowest BCUT2D eigenvalue weighted by Gasteiger charge is -2.34. The molecule has 2 N–H and O–H groups in total. The molecule has 1 aliphatic heterocycles. The molecule has 0 aromatic heterocycles. The molecule has 2 rings (SSSR count). The maximum absolute atomic E-state index is 6.36. The van der Waals surface area contributed by atoms with Crippen LogP contribution in [0.3, 0.4) is 0 Å². The van der Waals surface area contributed by atoms with E-state index in [1.54, 1.807) is 0 Å². The molecule has 1 heterocycles. The molecule has 0 aromatic carbocycles. The molecular formula is C15H30N2. The SMILES string of the molecule is CCCC1CCN(CC(N)C2CCCC2)CC1. The van der Waals surface area contributed by atoms with Gasteiger partial charge in [-0.1, -0.05) is 32.6 Å².